The van der Waals surface area contributed by atoms with Crippen LogP contribution in [0.2, 0.25) is 5.28 Å². The molecule has 1 heterocycles. The van der Waals surface area contributed by atoms with E-state index in [9.17, 15) is 49.1 Å². The topological polar surface area (TPSA) is 304 Å². The number of rotatable bonds is 11. The van der Waals surface area contributed by atoms with Crippen molar-refractivity contribution in [1.82, 2.24) is 15.0 Å². The molecular weight excluding hydrogens is 742 g/mol. The van der Waals surface area contributed by atoms with Crippen molar-refractivity contribution in [3.63, 3.8) is 0 Å². The van der Waals surface area contributed by atoms with Gasteiger partial charge in [0.15, 0.2) is 0 Å². The number of nitrogens with two attached hydrogens (primary N) is 1. The lowest BCUT2D eigenvalue weighted by atomic mass is 9.92. The van der Waals surface area contributed by atoms with Crippen LogP contribution in [0, 0.1) is 5.41 Å². The van der Waals surface area contributed by atoms with Crippen molar-refractivity contribution in [1.29, 1.82) is 0 Å². The number of phenols is 2. The minimum atomic E-state index is -4.89. The van der Waals surface area contributed by atoms with Crippen molar-refractivity contribution in [2.75, 3.05) is 34.8 Å². The maximum Gasteiger partial charge on any atom is 0.296 e. The summed E-state index contributed by atoms with van der Waals surface area (Å²) in [6.45, 7) is 3.67. The van der Waals surface area contributed by atoms with Crippen LogP contribution in [0.5, 0.6) is 11.5 Å². The predicted molar refractivity (Wildman–Crippen MR) is 184 cm³/mol. The summed E-state index contributed by atoms with van der Waals surface area (Å²) in [6.07, 6.45) is 0. The molecule has 50 heavy (non-hydrogen) atoms. The molecule has 0 saturated carbocycles. The third-order valence-corrected chi connectivity index (χ3v) is 10.2. The van der Waals surface area contributed by atoms with Crippen LogP contribution < -0.4 is 21.7 Å². The first-order valence-electron chi connectivity index (χ1n) is 14.0. The summed E-state index contributed by atoms with van der Waals surface area (Å²) in [5, 5.41) is 30.6. The molecule has 0 aliphatic rings. The van der Waals surface area contributed by atoms with E-state index in [2.05, 4.69) is 30.9 Å². The molecule has 1 aromatic heterocycles. The van der Waals surface area contributed by atoms with Crippen LogP contribution in [-0.4, -0.2) is 77.2 Å². The van der Waals surface area contributed by atoms with Gasteiger partial charge in [0.2, 0.25) is 17.2 Å². The summed E-state index contributed by atoms with van der Waals surface area (Å²) in [4.78, 5) is 9.73. The largest absolute Gasteiger partial charge is 0.507 e. The van der Waals surface area contributed by atoms with Gasteiger partial charge in [-0.1, -0.05) is 38.1 Å². The molecule has 0 unspecified atom stereocenters. The number of nitrogens with zero attached hydrogens (tertiary/aromatic N) is 3. The molecule has 5 aromatic rings. The van der Waals surface area contributed by atoms with Crippen molar-refractivity contribution >= 4 is 92.5 Å². The van der Waals surface area contributed by atoms with E-state index in [0.29, 0.717) is 0 Å². The van der Waals surface area contributed by atoms with Gasteiger partial charge >= 0.3 is 0 Å². The standard InChI is InChI=1S/C28H28ClN7O11S3/c1-28(2,11-31-17-10-19(50(45,46)47)22(30)21-20(17)23(37)14-5-3-4-6-15(14)24(21)38)12-32-26-34-25(29)35-27(36-26)33-16-9-13(48(39,40)41)7-8-18(16)49(42,43)44/h3-10,31,37-38H,11-12,30H2,1-2H3,(H,39,40,41)(H,42,43,44)(H,45,46,47)(H2,32,33,34,35,36). The summed E-state index contributed by atoms with van der Waals surface area (Å²) in [5.41, 5.74) is 4.37. The highest BCUT2D eigenvalue weighted by Crippen LogP contribution is 2.49. The highest BCUT2D eigenvalue weighted by molar-refractivity contribution is 7.86. The molecule has 266 valence electrons. The first kappa shape index (κ1) is 36.5. The number of aromatic hydroxyl groups is 2. The Morgan fingerprint density at radius 1 is 0.720 bits per heavy atom. The third kappa shape index (κ3) is 7.52. The Morgan fingerprint density at radius 2 is 1.28 bits per heavy atom. The summed E-state index contributed by atoms with van der Waals surface area (Å²) in [7, 11) is -14.5. The quantitative estimate of drug-likeness (QED) is 0.0398. The number of halogens is 1. The first-order chi connectivity index (χ1) is 23.1. The second-order valence-electron chi connectivity index (χ2n) is 11.7. The first-order valence-corrected chi connectivity index (χ1v) is 18.7. The van der Waals surface area contributed by atoms with Gasteiger partial charge in [0.1, 0.15) is 21.3 Å². The van der Waals surface area contributed by atoms with Crippen molar-refractivity contribution in [2.45, 2.75) is 28.5 Å². The fourth-order valence-electron chi connectivity index (χ4n) is 5.00. The van der Waals surface area contributed by atoms with Crippen molar-refractivity contribution in [3.05, 3.63) is 53.8 Å². The molecule has 0 aliphatic heterocycles. The van der Waals surface area contributed by atoms with Crippen LogP contribution in [0.3, 0.4) is 0 Å². The molecule has 0 atom stereocenters. The van der Waals surface area contributed by atoms with E-state index in [1.54, 1.807) is 32.0 Å². The van der Waals surface area contributed by atoms with Crippen LogP contribution in [0.1, 0.15) is 13.8 Å². The SMILES string of the molecule is CC(C)(CNc1nc(Cl)nc(Nc2cc(S(=O)(=O)O)ccc2S(=O)(=O)O)n1)CNc1cc(S(=O)(=O)O)c(N)c2c(O)c3ccccc3c(O)c12. The minimum Gasteiger partial charge on any atom is -0.507 e. The third-order valence-electron chi connectivity index (χ3n) is 7.38. The zero-order chi connectivity index (χ0) is 37.0. The molecule has 0 aliphatic carbocycles. The van der Waals surface area contributed by atoms with Gasteiger partial charge in [-0.05, 0) is 41.3 Å². The maximum atomic E-state index is 12.2. The Balaban J connectivity index is 1.43. The number of hydrogen-bond donors (Lipinski definition) is 9. The lowest BCUT2D eigenvalue weighted by Crippen LogP contribution is -2.31. The van der Waals surface area contributed by atoms with E-state index < -0.39 is 67.6 Å². The van der Waals surface area contributed by atoms with Gasteiger partial charge < -0.3 is 31.9 Å². The number of fused-ring (bicyclic) bond motifs is 2. The summed E-state index contributed by atoms with van der Waals surface area (Å²) >= 11 is 6.05. The molecule has 0 radical (unpaired) electrons. The molecular formula is C28H28ClN7O11S3. The average molecular weight is 770 g/mol. The highest BCUT2D eigenvalue weighted by atomic mass is 35.5. The van der Waals surface area contributed by atoms with Gasteiger partial charge in [0, 0.05) is 29.5 Å². The molecule has 5 rings (SSSR count). The second kappa shape index (κ2) is 12.8. The Labute approximate surface area is 289 Å². The van der Waals surface area contributed by atoms with E-state index in [4.69, 9.17) is 17.3 Å². The summed E-state index contributed by atoms with van der Waals surface area (Å²) in [6, 6.07) is 9.54. The minimum absolute atomic E-state index is 0.00263. The van der Waals surface area contributed by atoms with Crippen LogP contribution in [0.15, 0.2) is 63.2 Å². The zero-order valence-corrected chi connectivity index (χ0v) is 28.9. The lowest BCUT2D eigenvalue weighted by Gasteiger charge is -2.27. The van der Waals surface area contributed by atoms with E-state index in [0.717, 1.165) is 24.3 Å². The normalized spacial score (nSPS) is 12.7. The molecule has 22 heteroatoms. The van der Waals surface area contributed by atoms with Gasteiger partial charge in [0.05, 0.1) is 27.0 Å². The smallest absolute Gasteiger partial charge is 0.296 e. The van der Waals surface area contributed by atoms with Crippen LogP contribution in [-0.2, 0) is 30.4 Å². The lowest BCUT2D eigenvalue weighted by molar-refractivity contribution is 0.418. The van der Waals surface area contributed by atoms with E-state index >= 15 is 0 Å². The molecule has 0 fully saturated rings. The van der Waals surface area contributed by atoms with Crippen LogP contribution in [0.4, 0.5) is 29.0 Å². The van der Waals surface area contributed by atoms with Crippen molar-refractivity contribution < 1.29 is 49.1 Å². The monoisotopic (exact) mass is 769 g/mol. The number of aromatic nitrogens is 3. The number of nitrogens with one attached hydrogen (secondary N) is 3. The Morgan fingerprint density at radius 3 is 1.86 bits per heavy atom. The van der Waals surface area contributed by atoms with Gasteiger partial charge in [-0.25, -0.2) is 0 Å². The number of phenolic OH excluding ortho intramolecular Hbond substituents is 2. The molecule has 0 saturated heterocycles. The van der Waals surface area contributed by atoms with Crippen LogP contribution in [0.25, 0.3) is 21.5 Å². The summed E-state index contributed by atoms with van der Waals surface area (Å²) in [5.74, 6) is -1.24. The molecule has 18 nitrogen and oxygen atoms in total. The molecule has 0 bridgehead atoms. The predicted octanol–water partition coefficient (Wildman–Crippen LogP) is 3.86. The van der Waals surface area contributed by atoms with E-state index in [1.807, 2.05) is 0 Å². The Bertz CT molecular complexity index is 2530. The molecule has 10 N–H and O–H groups in total. The number of nitrogen functional groups attached to an aromatic ring is 1. The molecule has 4 aromatic carbocycles. The number of benzene rings is 4. The molecule has 0 spiro atoms. The molecule has 0 amide bonds. The van der Waals surface area contributed by atoms with E-state index in [-0.39, 0.29) is 63.3 Å². The maximum absolute atomic E-state index is 12.2. The highest BCUT2D eigenvalue weighted by Gasteiger charge is 2.27. The second-order valence-corrected chi connectivity index (χ2v) is 16.2. The van der Waals surface area contributed by atoms with Crippen LogP contribution >= 0.6 is 11.6 Å². The fourth-order valence-corrected chi connectivity index (χ4v) is 6.94. The van der Waals surface area contributed by atoms with Gasteiger partial charge in [-0.3, -0.25) is 13.7 Å². The van der Waals surface area contributed by atoms with E-state index in [1.165, 1.54) is 6.07 Å². The van der Waals surface area contributed by atoms with Crippen molar-refractivity contribution in [3.8, 4) is 11.5 Å². The zero-order valence-electron chi connectivity index (χ0n) is 25.7. The summed E-state index contributed by atoms with van der Waals surface area (Å²) < 4.78 is 100. The fraction of sp³-hybridized carbons (Fsp3) is 0.179. The average Bonchev–Trinajstić information content (AvgIpc) is 3.00. The Hall–Kier alpha value is -4.77. The van der Waals surface area contributed by atoms with Gasteiger partial charge in [-0.2, -0.15) is 40.2 Å². The van der Waals surface area contributed by atoms with Crippen molar-refractivity contribution in [2.24, 2.45) is 5.41 Å². The van der Waals surface area contributed by atoms with Gasteiger partial charge in [-0.15, -0.1) is 0 Å². The number of hydrogen-bond acceptors (Lipinski definition) is 15. The number of anilines is 5. The Kier molecular flexibility index (Phi) is 9.38. The van der Waals surface area contributed by atoms with Gasteiger partial charge in [0.25, 0.3) is 30.4 Å².